The third-order valence-electron chi connectivity index (χ3n) is 1.78. The van der Waals surface area contributed by atoms with Gasteiger partial charge in [0.25, 0.3) is 0 Å². The van der Waals surface area contributed by atoms with E-state index in [1.807, 2.05) is 0 Å². The van der Waals surface area contributed by atoms with Crippen LogP contribution < -0.4 is 5.73 Å². The molecule has 1 atom stereocenters. The van der Waals surface area contributed by atoms with Gasteiger partial charge in [0.15, 0.2) is 5.69 Å². The number of aliphatic hydroxyl groups excluding tert-OH is 1. The van der Waals surface area contributed by atoms with Gasteiger partial charge < -0.3 is 10.8 Å². The SMILES string of the molecule is Cn1nc(C(F)(F)F)cc1C(N)CO. The first-order chi connectivity index (χ1) is 6.36. The summed E-state index contributed by atoms with van der Waals surface area (Å²) in [6.07, 6.45) is -4.48. The third kappa shape index (κ3) is 2.05. The number of aromatic nitrogens is 2. The molecule has 0 spiro atoms. The van der Waals surface area contributed by atoms with Crippen LogP contribution >= 0.6 is 0 Å². The van der Waals surface area contributed by atoms with E-state index < -0.39 is 24.5 Å². The van der Waals surface area contributed by atoms with Crippen molar-refractivity contribution in [2.45, 2.75) is 12.2 Å². The Hall–Kier alpha value is -1.08. The van der Waals surface area contributed by atoms with E-state index in [0.29, 0.717) is 0 Å². The van der Waals surface area contributed by atoms with Crippen molar-refractivity contribution in [1.29, 1.82) is 0 Å². The van der Waals surface area contributed by atoms with Crippen molar-refractivity contribution in [2.24, 2.45) is 12.8 Å². The van der Waals surface area contributed by atoms with Crippen LogP contribution in [-0.4, -0.2) is 21.5 Å². The minimum atomic E-state index is -4.48. The predicted molar refractivity (Wildman–Crippen MR) is 42.2 cm³/mol. The minimum absolute atomic E-state index is 0.153. The molecule has 0 aliphatic heterocycles. The van der Waals surface area contributed by atoms with Gasteiger partial charge in [-0.1, -0.05) is 0 Å². The molecule has 0 amide bonds. The van der Waals surface area contributed by atoms with Gasteiger partial charge >= 0.3 is 6.18 Å². The maximum absolute atomic E-state index is 12.2. The van der Waals surface area contributed by atoms with Gasteiger partial charge in [0.1, 0.15) is 0 Å². The Labute approximate surface area is 78.1 Å². The molecule has 1 heterocycles. The van der Waals surface area contributed by atoms with Crippen molar-refractivity contribution in [1.82, 2.24) is 9.78 Å². The molecule has 0 fully saturated rings. The number of hydrogen-bond acceptors (Lipinski definition) is 3. The molecule has 3 N–H and O–H groups in total. The Balaban J connectivity index is 3.05. The number of aliphatic hydroxyl groups is 1. The van der Waals surface area contributed by atoms with Crippen LogP contribution in [0, 0.1) is 0 Å². The minimum Gasteiger partial charge on any atom is -0.394 e. The summed E-state index contributed by atoms with van der Waals surface area (Å²) >= 11 is 0. The van der Waals surface area contributed by atoms with Crippen LogP contribution in [0.15, 0.2) is 6.07 Å². The second-order valence-corrected chi connectivity index (χ2v) is 2.86. The topological polar surface area (TPSA) is 64.1 Å². The van der Waals surface area contributed by atoms with Crippen LogP contribution in [-0.2, 0) is 13.2 Å². The molecule has 0 aliphatic carbocycles. The molecule has 1 rings (SSSR count). The highest BCUT2D eigenvalue weighted by molar-refractivity contribution is 5.16. The fourth-order valence-electron chi connectivity index (χ4n) is 1.06. The summed E-state index contributed by atoms with van der Waals surface area (Å²) in [5, 5.41) is 11.9. The van der Waals surface area contributed by atoms with Crippen molar-refractivity contribution >= 4 is 0 Å². The summed E-state index contributed by atoms with van der Waals surface area (Å²) in [6, 6.07) is -0.00968. The van der Waals surface area contributed by atoms with Gasteiger partial charge in [0.2, 0.25) is 0 Å². The number of alkyl halides is 3. The van der Waals surface area contributed by atoms with Gasteiger partial charge in [-0.25, -0.2) is 0 Å². The highest BCUT2D eigenvalue weighted by atomic mass is 19.4. The fraction of sp³-hybridized carbons (Fsp3) is 0.571. The Bertz CT molecular complexity index is 320. The summed E-state index contributed by atoms with van der Waals surface area (Å²) in [5.74, 6) is 0. The van der Waals surface area contributed by atoms with Crippen LogP contribution in [0.2, 0.25) is 0 Å². The number of halogens is 3. The highest BCUT2D eigenvalue weighted by Gasteiger charge is 2.35. The molecule has 1 aromatic rings. The summed E-state index contributed by atoms with van der Waals surface area (Å²) in [6.45, 7) is -0.420. The monoisotopic (exact) mass is 209 g/mol. The third-order valence-corrected chi connectivity index (χ3v) is 1.78. The fourth-order valence-corrected chi connectivity index (χ4v) is 1.06. The smallest absolute Gasteiger partial charge is 0.394 e. The molecule has 0 aromatic carbocycles. The Kier molecular flexibility index (Phi) is 2.81. The molecule has 1 aromatic heterocycles. The Morgan fingerprint density at radius 3 is 2.57 bits per heavy atom. The van der Waals surface area contributed by atoms with Gasteiger partial charge in [-0.2, -0.15) is 18.3 Å². The van der Waals surface area contributed by atoms with Crippen molar-refractivity contribution < 1.29 is 18.3 Å². The van der Waals surface area contributed by atoms with Gasteiger partial charge in [-0.05, 0) is 6.07 Å². The molecule has 0 saturated heterocycles. The summed E-state index contributed by atoms with van der Waals surface area (Å²) in [5.41, 5.74) is 4.53. The maximum Gasteiger partial charge on any atom is 0.435 e. The molecule has 14 heavy (non-hydrogen) atoms. The van der Waals surface area contributed by atoms with E-state index >= 15 is 0 Å². The molecule has 4 nitrogen and oxygen atoms in total. The van der Waals surface area contributed by atoms with E-state index in [-0.39, 0.29) is 5.69 Å². The summed E-state index contributed by atoms with van der Waals surface area (Å²) < 4.78 is 37.5. The molecule has 0 radical (unpaired) electrons. The van der Waals surface area contributed by atoms with Crippen LogP contribution in [0.25, 0.3) is 0 Å². The van der Waals surface area contributed by atoms with Gasteiger partial charge in [0, 0.05) is 7.05 Å². The second kappa shape index (κ2) is 3.58. The van der Waals surface area contributed by atoms with Crippen LogP contribution in [0.4, 0.5) is 13.2 Å². The Morgan fingerprint density at radius 2 is 2.21 bits per heavy atom. The summed E-state index contributed by atoms with van der Waals surface area (Å²) in [4.78, 5) is 0. The van der Waals surface area contributed by atoms with E-state index in [1.165, 1.54) is 7.05 Å². The van der Waals surface area contributed by atoms with Gasteiger partial charge in [0.05, 0.1) is 18.3 Å². The number of aryl methyl sites for hydroxylation is 1. The number of nitrogens with zero attached hydrogens (tertiary/aromatic N) is 2. The van der Waals surface area contributed by atoms with Crippen LogP contribution in [0.1, 0.15) is 17.4 Å². The van der Waals surface area contributed by atoms with Crippen molar-refractivity contribution in [3.8, 4) is 0 Å². The zero-order valence-corrected chi connectivity index (χ0v) is 7.41. The van der Waals surface area contributed by atoms with Crippen LogP contribution in [0.3, 0.4) is 0 Å². The predicted octanol–water partition coefficient (Wildman–Crippen LogP) is 0.431. The summed E-state index contributed by atoms with van der Waals surface area (Å²) in [7, 11) is 1.35. The standard InChI is InChI=1S/C7H10F3N3O/c1-13-5(4(11)3-14)2-6(12-13)7(8,9)10/h2,4,14H,3,11H2,1H3. The number of rotatable bonds is 2. The average molecular weight is 209 g/mol. The first-order valence-corrected chi connectivity index (χ1v) is 3.84. The van der Waals surface area contributed by atoms with Crippen molar-refractivity contribution in [2.75, 3.05) is 6.61 Å². The zero-order chi connectivity index (χ0) is 10.9. The Morgan fingerprint density at radius 1 is 1.64 bits per heavy atom. The van der Waals surface area contributed by atoms with Gasteiger partial charge in [-0.3, -0.25) is 4.68 Å². The molecular weight excluding hydrogens is 199 g/mol. The second-order valence-electron chi connectivity index (χ2n) is 2.86. The zero-order valence-electron chi connectivity index (χ0n) is 7.41. The quantitative estimate of drug-likeness (QED) is 0.742. The molecule has 1 unspecified atom stereocenters. The van der Waals surface area contributed by atoms with E-state index in [0.717, 1.165) is 10.7 Å². The number of nitrogens with two attached hydrogens (primary N) is 1. The number of hydrogen-bond donors (Lipinski definition) is 2. The molecule has 0 aliphatic rings. The van der Waals surface area contributed by atoms with E-state index in [1.54, 1.807) is 0 Å². The van der Waals surface area contributed by atoms with Gasteiger partial charge in [-0.15, -0.1) is 0 Å². The van der Waals surface area contributed by atoms with E-state index in [2.05, 4.69) is 5.10 Å². The normalized spacial score (nSPS) is 14.4. The molecule has 0 saturated carbocycles. The van der Waals surface area contributed by atoms with Crippen molar-refractivity contribution in [3.63, 3.8) is 0 Å². The molecule has 80 valence electrons. The lowest BCUT2D eigenvalue weighted by Crippen LogP contribution is -2.17. The van der Waals surface area contributed by atoms with E-state index in [9.17, 15) is 13.2 Å². The maximum atomic E-state index is 12.2. The molecule has 7 heteroatoms. The largest absolute Gasteiger partial charge is 0.435 e. The average Bonchev–Trinajstić information content (AvgIpc) is 2.45. The lowest BCUT2D eigenvalue weighted by molar-refractivity contribution is -0.141. The molecule has 0 bridgehead atoms. The lowest BCUT2D eigenvalue weighted by Gasteiger charge is -2.06. The first-order valence-electron chi connectivity index (χ1n) is 3.84. The van der Waals surface area contributed by atoms with E-state index in [4.69, 9.17) is 10.8 Å². The van der Waals surface area contributed by atoms with Crippen LogP contribution in [0.5, 0.6) is 0 Å². The lowest BCUT2D eigenvalue weighted by atomic mass is 10.2. The molecular formula is C7H10F3N3O. The van der Waals surface area contributed by atoms with Crippen molar-refractivity contribution in [3.05, 3.63) is 17.5 Å². The first kappa shape index (κ1) is 11.0. The highest BCUT2D eigenvalue weighted by Crippen LogP contribution is 2.29.